The van der Waals surface area contributed by atoms with Crippen molar-refractivity contribution in [1.29, 1.82) is 0 Å². The Hall–Kier alpha value is -0.610. The van der Waals surface area contributed by atoms with Crippen molar-refractivity contribution in [2.45, 2.75) is 31.7 Å². The average Bonchev–Trinajstić information content (AvgIpc) is 2.64. The van der Waals surface area contributed by atoms with Crippen LogP contribution in [-0.2, 0) is 9.53 Å². The Kier molecular flexibility index (Phi) is 2.98. The molecular formula is C11H19NO3. The molecular weight excluding hydrogens is 194 g/mol. The van der Waals surface area contributed by atoms with Gasteiger partial charge in [0, 0.05) is 13.2 Å². The van der Waals surface area contributed by atoms with Crippen LogP contribution in [0.25, 0.3) is 0 Å². The van der Waals surface area contributed by atoms with Crippen LogP contribution in [0.4, 0.5) is 0 Å². The molecule has 86 valence electrons. The Morgan fingerprint density at radius 1 is 1.53 bits per heavy atom. The minimum absolute atomic E-state index is 0.464. The summed E-state index contributed by atoms with van der Waals surface area (Å²) in [5, 5.41) is 12.2. The molecule has 2 N–H and O–H groups in total. The quantitative estimate of drug-likeness (QED) is 0.714. The molecule has 3 unspecified atom stereocenters. The third kappa shape index (κ3) is 2.16. The van der Waals surface area contributed by atoms with E-state index in [0.717, 1.165) is 32.6 Å². The number of nitrogens with one attached hydrogen (secondary N) is 1. The van der Waals surface area contributed by atoms with Crippen LogP contribution in [0.3, 0.4) is 0 Å². The second kappa shape index (κ2) is 4.10. The Morgan fingerprint density at radius 3 is 2.87 bits per heavy atom. The second-order valence-electron chi connectivity index (χ2n) is 4.96. The number of carbonyl (C=O) groups is 1. The molecule has 2 heterocycles. The average molecular weight is 213 g/mol. The molecule has 2 fully saturated rings. The number of carboxylic acids is 1. The van der Waals surface area contributed by atoms with Crippen molar-refractivity contribution in [2.75, 3.05) is 19.8 Å². The first-order chi connectivity index (χ1) is 7.12. The first kappa shape index (κ1) is 10.9. The van der Waals surface area contributed by atoms with Gasteiger partial charge in [-0.15, -0.1) is 0 Å². The molecule has 0 saturated carbocycles. The van der Waals surface area contributed by atoms with Crippen molar-refractivity contribution in [2.24, 2.45) is 11.8 Å². The fourth-order valence-corrected chi connectivity index (χ4v) is 2.66. The van der Waals surface area contributed by atoms with Crippen LogP contribution in [0.2, 0.25) is 0 Å². The lowest BCUT2D eigenvalue weighted by atomic mass is 9.83. The van der Waals surface area contributed by atoms with Gasteiger partial charge in [0.1, 0.15) is 5.54 Å². The molecule has 2 aliphatic rings. The van der Waals surface area contributed by atoms with Crippen LogP contribution >= 0.6 is 0 Å². The summed E-state index contributed by atoms with van der Waals surface area (Å²) in [5.41, 5.74) is -0.720. The van der Waals surface area contributed by atoms with Gasteiger partial charge in [-0.1, -0.05) is 0 Å². The minimum Gasteiger partial charge on any atom is -0.480 e. The van der Waals surface area contributed by atoms with Gasteiger partial charge in [0.15, 0.2) is 0 Å². The van der Waals surface area contributed by atoms with E-state index in [1.54, 1.807) is 6.92 Å². The van der Waals surface area contributed by atoms with Crippen LogP contribution in [0.5, 0.6) is 0 Å². The van der Waals surface area contributed by atoms with Gasteiger partial charge in [0.2, 0.25) is 0 Å². The number of carboxylic acid groups (broad SMARTS) is 1. The highest BCUT2D eigenvalue weighted by molar-refractivity contribution is 5.78. The van der Waals surface area contributed by atoms with Crippen LogP contribution in [-0.4, -0.2) is 36.4 Å². The number of rotatable bonds is 2. The van der Waals surface area contributed by atoms with Crippen LogP contribution in [0.15, 0.2) is 0 Å². The third-order valence-electron chi connectivity index (χ3n) is 3.76. The van der Waals surface area contributed by atoms with Crippen LogP contribution in [0, 0.1) is 11.8 Å². The summed E-state index contributed by atoms with van der Waals surface area (Å²) in [4.78, 5) is 11.1. The van der Waals surface area contributed by atoms with Gasteiger partial charge in [-0.25, -0.2) is 0 Å². The molecule has 2 rings (SSSR count). The van der Waals surface area contributed by atoms with Gasteiger partial charge in [0.25, 0.3) is 0 Å². The fraction of sp³-hybridized carbons (Fsp3) is 0.909. The summed E-state index contributed by atoms with van der Waals surface area (Å²) in [6.07, 6.45) is 3.03. The summed E-state index contributed by atoms with van der Waals surface area (Å²) in [6.45, 7) is 4.27. The molecule has 2 saturated heterocycles. The summed E-state index contributed by atoms with van der Waals surface area (Å²) in [6, 6.07) is 0. The van der Waals surface area contributed by atoms with E-state index in [-0.39, 0.29) is 0 Å². The van der Waals surface area contributed by atoms with Crippen LogP contribution in [0.1, 0.15) is 26.2 Å². The minimum atomic E-state index is -0.735. The van der Waals surface area contributed by atoms with Gasteiger partial charge in [-0.3, -0.25) is 4.79 Å². The van der Waals surface area contributed by atoms with Crippen molar-refractivity contribution in [3.05, 3.63) is 0 Å². The van der Waals surface area contributed by atoms with Crippen molar-refractivity contribution in [3.63, 3.8) is 0 Å². The van der Waals surface area contributed by atoms with Gasteiger partial charge in [0.05, 0.1) is 0 Å². The van der Waals surface area contributed by atoms with E-state index in [2.05, 4.69) is 5.32 Å². The normalized spacial score (nSPS) is 41.7. The molecule has 0 amide bonds. The molecule has 0 radical (unpaired) electrons. The first-order valence-corrected chi connectivity index (χ1v) is 5.68. The first-order valence-electron chi connectivity index (χ1n) is 5.68. The molecule has 3 atom stereocenters. The van der Waals surface area contributed by atoms with Crippen molar-refractivity contribution >= 4 is 5.97 Å². The molecule has 0 aliphatic carbocycles. The topological polar surface area (TPSA) is 58.6 Å². The number of hydrogen-bond acceptors (Lipinski definition) is 3. The molecule has 0 spiro atoms. The maximum Gasteiger partial charge on any atom is 0.323 e. The Bertz CT molecular complexity index is 250. The van der Waals surface area contributed by atoms with Crippen molar-refractivity contribution < 1.29 is 14.6 Å². The molecule has 0 aromatic heterocycles. The molecule has 0 aromatic carbocycles. The van der Waals surface area contributed by atoms with E-state index in [9.17, 15) is 4.79 Å². The lowest BCUT2D eigenvalue weighted by Crippen LogP contribution is -2.44. The standard InChI is InChI=1S/C11H19NO3/c1-11(10(13)14)5-9(6-12-11)8-3-2-4-15-7-8/h8-9,12H,2-7H2,1H3,(H,13,14). The molecule has 2 aliphatic heterocycles. The van der Waals surface area contributed by atoms with Gasteiger partial charge in [-0.2, -0.15) is 0 Å². The predicted octanol–water partition coefficient (Wildman–Crippen LogP) is 0.866. The molecule has 0 bridgehead atoms. The number of hydrogen-bond donors (Lipinski definition) is 2. The molecule has 0 aromatic rings. The van der Waals surface area contributed by atoms with E-state index in [4.69, 9.17) is 9.84 Å². The monoisotopic (exact) mass is 213 g/mol. The van der Waals surface area contributed by atoms with E-state index in [0.29, 0.717) is 11.8 Å². The lowest BCUT2D eigenvalue weighted by Gasteiger charge is -2.27. The lowest BCUT2D eigenvalue weighted by molar-refractivity contribution is -0.143. The van der Waals surface area contributed by atoms with Gasteiger partial charge >= 0.3 is 5.97 Å². The Labute approximate surface area is 90.0 Å². The highest BCUT2D eigenvalue weighted by atomic mass is 16.5. The van der Waals surface area contributed by atoms with Gasteiger partial charge in [-0.05, 0) is 44.6 Å². The summed E-state index contributed by atoms with van der Waals surface area (Å²) in [5.74, 6) is 0.278. The molecule has 4 nitrogen and oxygen atoms in total. The molecule has 15 heavy (non-hydrogen) atoms. The van der Waals surface area contributed by atoms with Gasteiger partial charge < -0.3 is 15.2 Å². The van der Waals surface area contributed by atoms with E-state index in [1.807, 2.05) is 0 Å². The number of ether oxygens (including phenoxy) is 1. The SMILES string of the molecule is CC1(C(=O)O)CC(C2CCCOC2)CN1. The van der Waals surface area contributed by atoms with Crippen molar-refractivity contribution in [3.8, 4) is 0 Å². The van der Waals surface area contributed by atoms with Crippen molar-refractivity contribution in [1.82, 2.24) is 5.32 Å². The zero-order chi connectivity index (χ0) is 10.9. The summed E-state index contributed by atoms with van der Waals surface area (Å²) >= 11 is 0. The summed E-state index contributed by atoms with van der Waals surface area (Å²) < 4.78 is 5.45. The largest absolute Gasteiger partial charge is 0.480 e. The smallest absolute Gasteiger partial charge is 0.323 e. The summed E-state index contributed by atoms with van der Waals surface area (Å²) in [7, 11) is 0. The Morgan fingerprint density at radius 2 is 2.33 bits per heavy atom. The second-order valence-corrected chi connectivity index (χ2v) is 4.96. The van der Waals surface area contributed by atoms with Crippen LogP contribution < -0.4 is 5.32 Å². The predicted molar refractivity (Wildman–Crippen MR) is 55.7 cm³/mol. The fourth-order valence-electron chi connectivity index (χ4n) is 2.66. The maximum absolute atomic E-state index is 11.1. The van der Waals surface area contributed by atoms with E-state index < -0.39 is 11.5 Å². The molecule has 4 heteroatoms. The zero-order valence-electron chi connectivity index (χ0n) is 9.16. The number of aliphatic carboxylic acids is 1. The maximum atomic E-state index is 11.1. The zero-order valence-corrected chi connectivity index (χ0v) is 9.16. The Balaban J connectivity index is 1.94. The third-order valence-corrected chi connectivity index (χ3v) is 3.76. The van der Waals surface area contributed by atoms with E-state index >= 15 is 0 Å². The highest BCUT2D eigenvalue weighted by Gasteiger charge is 2.43. The highest BCUT2D eigenvalue weighted by Crippen LogP contribution is 2.33. The van der Waals surface area contributed by atoms with E-state index in [1.165, 1.54) is 6.42 Å².